The first kappa shape index (κ1) is 43.2. The molecule has 5 amide bonds. The topological polar surface area (TPSA) is 166 Å². The largest absolute Gasteiger partial charge is 0.417 e. The monoisotopic (exact) mass is 880 g/mol. The van der Waals surface area contributed by atoms with Gasteiger partial charge in [-0.1, -0.05) is 0 Å². The molecule has 6 aliphatic rings. The third-order valence-corrected chi connectivity index (χ3v) is 13.9. The van der Waals surface area contributed by atoms with Gasteiger partial charge in [0.1, 0.15) is 11.9 Å². The van der Waals surface area contributed by atoms with Crippen LogP contribution in [0.5, 0.6) is 0 Å². The fourth-order valence-corrected chi connectivity index (χ4v) is 10.1. The van der Waals surface area contributed by atoms with Gasteiger partial charge in [-0.05, 0) is 86.6 Å². The standard InChI is InChI=1S/C46H51F3N10O5/c47-46(48,49)38-22-34(2-1-32(38)23-50)57-15-11-31(12-16-57)42(61)52-40-7-4-35(24-51-40)58-27-30(28-58)26-55-19-17-54(18-20-55)25-29-9-13-56(14-10-29)33-3-5-36-37(21-33)45(64)59(44(36)63)39-6-8-41(60)53-43(39)62/h1-5,7,21-22,24,29-31,39H,6,8-20,25-28H2,(H,51,52,61)(H,53,60,62). The van der Waals surface area contributed by atoms with Crippen molar-refractivity contribution in [3.05, 3.63) is 77.0 Å². The van der Waals surface area contributed by atoms with Gasteiger partial charge in [-0.25, -0.2) is 4.98 Å². The Morgan fingerprint density at radius 2 is 1.34 bits per heavy atom. The lowest BCUT2D eigenvalue weighted by atomic mass is 9.95. The van der Waals surface area contributed by atoms with Gasteiger partial charge in [0.25, 0.3) is 11.8 Å². The van der Waals surface area contributed by atoms with E-state index in [9.17, 15) is 37.1 Å². The first-order valence-corrected chi connectivity index (χ1v) is 22.2. The highest BCUT2D eigenvalue weighted by Gasteiger charge is 2.45. The summed E-state index contributed by atoms with van der Waals surface area (Å²) >= 11 is 0. The zero-order valence-electron chi connectivity index (χ0n) is 35.5. The quantitative estimate of drug-likeness (QED) is 0.280. The Labute approximate surface area is 369 Å². The summed E-state index contributed by atoms with van der Waals surface area (Å²) in [6.45, 7) is 10.7. The lowest BCUT2D eigenvalue weighted by molar-refractivity contribution is -0.138. The normalized spacial score (nSPS) is 22.1. The van der Waals surface area contributed by atoms with E-state index in [2.05, 4.69) is 35.2 Å². The third-order valence-electron chi connectivity index (χ3n) is 13.9. The van der Waals surface area contributed by atoms with Crippen molar-refractivity contribution in [3.63, 3.8) is 0 Å². The van der Waals surface area contributed by atoms with Crippen molar-refractivity contribution < 1.29 is 37.1 Å². The van der Waals surface area contributed by atoms with Crippen molar-refractivity contribution in [1.82, 2.24) is 25.0 Å². The number of imide groups is 2. The van der Waals surface area contributed by atoms with Crippen LogP contribution < -0.4 is 25.3 Å². The van der Waals surface area contributed by atoms with E-state index in [1.54, 1.807) is 24.4 Å². The first-order chi connectivity index (χ1) is 30.8. The van der Waals surface area contributed by atoms with Gasteiger partial charge >= 0.3 is 6.18 Å². The number of hydrogen-bond acceptors (Lipinski definition) is 12. The maximum absolute atomic E-state index is 13.5. The predicted octanol–water partition coefficient (Wildman–Crippen LogP) is 4.20. The molecule has 0 bridgehead atoms. The van der Waals surface area contributed by atoms with Gasteiger partial charge in [-0.3, -0.25) is 34.2 Å². The molecule has 18 heteroatoms. The van der Waals surface area contributed by atoms with Crippen LogP contribution in [0.25, 0.3) is 0 Å². The molecule has 2 aromatic carbocycles. The number of amides is 5. The number of nitrogens with zero attached hydrogens (tertiary/aromatic N) is 8. The lowest BCUT2D eigenvalue weighted by Crippen LogP contribution is -2.55. The summed E-state index contributed by atoms with van der Waals surface area (Å²) < 4.78 is 40.4. The molecular formula is C46H51F3N10O5. The zero-order chi connectivity index (χ0) is 44.7. The Hall–Kier alpha value is -6.06. The molecule has 0 spiro atoms. The van der Waals surface area contributed by atoms with Crippen LogP contribution in [0, 0.1) is 29.1 Å². The minimum atomic E-state index is -4.62. The molecule has 5 fully saturated rings. The van der Waals surface area contributed by atoms with Gasteiger partial charge in [-0.15, -0.1) is 0 Å². The lowest BCUT2D eigenvalue weighted by Gasteiger charge is -2.45. The summed E-state index contributed by atoms with van der Waals surface area (Å²) in [7, 11) is 0. The molecule has 0 aliphatic carbocycles. The van der Waals surface area contributed by atoms with Crippen LogP contribution in [-0.4, -0.2) is 134 Å². The first-order valence-electron chi connectivity index (χ1n) is 22.2. The van der Waals surface area contributed by atoms with Crippen molar-refractivity contribution in [3.8, 4) is 6.07 Å². The minimum absolute atomic E-state index is 0.0883. The van der Waals surface area contributed by atoms with Crippen molar-refractivity contribution in [2.75, 3.05) is 98.6 Å². The van der Waals surface area contributed by atoms with Crippen LogP contribution in [0.1, 0.15) is 70.4 Å². The molecule has 15 nitrogen and oxygen atoms in total. The molecule has 336 valence electrons. The van der Waals surface area contributed by atoms with Crippen molar-refractivity contribution in [1.29, 1.82) is 5.26 Å². The van der Waals surface area contributed by atoms with E-state index in [1.165, 1.54) is 12.1 Å². The van der Waals surface area contributed by atoms with Gasteiger partial charge in [0.2, 0.25) is 17.7 Å². The second-order valence-corrected chi connectivity index (χ2v) is 18.0. The SMILES string of the molecule is N#Cc1ccc(N2CCC(C(=O)Nc3ccc(N4CC(CN5CCN(CC6CCN(c7ccc8c(c7)C(=O)N(C7CCC(=O)NC7=O)C8=O)CC6)CC5)C4)cn3)CC2)cc1C(F)(F)F. The highest BCUT2D eigenvalue weighted by Crippen LogP contribution is 2.36. The Kier molecular flexibility index (Phi) is 12.0. The van der Waals surface area contributed by atoms with Crippen LogP contribution in [0.15, 0.2) is 54.7 Å². The molecule has 64 heavy (non-hydrogen) atoms. The summed E-state index contributed by atoms with van der Waals surface area (Å²) in [5.41, 5.74) is 1.55. The average Bonchev–Trinajstić information content (AvgIpc) is 3.53. The number of carbonyl (C=O) groups excluding carboxylic acids is 5. The van der Waals surface area contributed by atoms with Crippen molar-refractivity contribution in [2.45, 2.75) is 50.7 Å². The van der Waals surface area contributed by atoms with E-state index in [0.717, 1.165) is 101 Å². The van der Waals surface area contributed by atoms with Crippen molar-refractivity contribution in [2.24, 2.45) is 17.8 Å². The van der Waals surface area contributed by atoms with Crippen LogP contribution in [0.2, 0.25) is 0 Å². The zero-order valence-corrected chi connectivity index (χ0v) is 35.5. The number of anilines is 4. The van der Waals surface area contributed by atoms with Crippen molar-refractivity contribution >= 4 is 52.4 Å². The fourth-order valence-electron chi connectivity index (χ4n) is 10.1. The summed E-state index contributed by atoms with van der Waals surface area (Å²) in [5, 5.41) is 14.3. The molecule has 1 atom stereocenters. The molecule has 2 N–H and O–H groups in total. The van der Waals surface area contributed by atoms with Gasteiger partial charge in [-0.2, -0.15) is 18.4 Å². The summed E-state index contributed by atoms with van der Waals surface area (Å²) in [6, 6.07) is 13.5. The number of aromatic nitrogens is 1. The van der Waals surface area contributed by atoms with E-state index in [1.807, 2.05) is 23.1 Å². The van der Waals surface area contributed by atoms with E-state index in [4.69, 9.17) is 5.26 Å². The minimum Gasteiger partial charge on any atom is -0.371 e. The van der Waals surface area contributed by atoms with Gasteiger partial charge in [0, 0.05) is 108 Å². The third kappa shape index (κ3) is 9.00. The molecular weight excluding hydrogens is 830 g/mol. The van der Waals surface area contributed by atoms with Gasteiger partial charge in [0.15, 0.2) is 0 Å². The summed E-state index contributed by atoms with van der Waals surface area (Å²) in [5.74, 6) is -0.800. The number of rotatable bonds is 10. The van der Waals surface area contributed by atoms with Crippen LogP contribution >= 0.6 is 0 Å². The fraction of sp³-hybridized carbons (Fsp3) is 0.500. The van der Waals surface area contributed by atoms with Crippen LogP contribution in [-0.2, 0) is 20.6 Å². The molecule has 3 aromatic rings. The number of benzene rings is 2. The number of piperidine rings is 3. The number of fused-ring (bicyclic) bond motifs is 1. The number of nitriles is 1. The van der Waals surface area contributed by atoms with Gasteiger partial charge < -0.3 is 29.8 Å². The number of piperazine rings is 1. The Morgan fingerprint density at radius 1 is 0.734 bits per heavy atom. The predicted molar refractivity (Wildman–Crippen MR) is 231 cm³/mol. The number of pyridine rings is 1. The smallest absolute Gasteiger partial charge is 0.371 e. The average molecular weight is 881 g/mol. The number of nitrogens with one attached hydrogen (secondary N) is 2. The molecule has 1 unspecified atom stereocenters. The van der Waals surface area contributed by atoms with Crippen LogP contribution in [0.3, 0.4) is 0 Å². The second-order valence-electron chi connectivity index (χ2n) is 18.0. The maximum atomic E-state index is 13.5. The highest BCUT2D eigenvalue weighted by molar-refractivity contribution is 6.23. The number of carbonyl (C=O) groups is 5. The van der Waals surface area contributed by atoms with E-state index in [0.29, 0.717) is 60.4 Å². The molecule has 0 saturated carbocycles. The molecule has 0 radical (unpaired) electrons. The second kappa shape index (κ2) is 17.8. The van der Waals surface area contributed by atoms with E-state index in [-0.39, 0.29) is 24.7 Å². The summed E-state index contributed by atoms with van der Waals surface area (Å²) in [6.07, 6.45) is 0.433. The summed E-state index contributed by atoms with van der Waals surface area (Å²) in [4.78, 5) is 80.6. The molecule has 5 saturated heterocycles. The number of alkyl halides is 3. The highest BCUT2D eigenvalue weighted by atomic mass is 19.4. The molecule has 6 aliphatic heterocycles. The van der Waals surface area contributed by atoms with E-state index < -0.39 is 47.0 Å². The van der Waals surface area contributed by atoms with Gasteiger partial charge in [0.05, 0.1) is 40.2 Å². The Bertz CT molecular complexity index is 2340. The maximum Gasteiger partial charge on any atom is 0.417 e. The van der Waals surface area contributed by atoms with Crippen LogP contribution in [0.4, 0.5) is 36.1 Å². The molecule has 7 heterocycles. The molecule has 1 aromatic heterocycles. The molecule has 9 rings (SSSR count). The van der Waals surface area contributed by atoms with E-state index >= 15 is 0 Å². The number of hydrogen-bond donors (Lipinski definition) is 2. The Morgan fingerprint density at radius 3 is 1.97 bits per heavy atom. The number of halogens is 3. The Balaban J connectivity index is 0.661.